The van der Waals surface area contributed by atoms with Crippen molar-refractivity contribution >= 4 is 23.2 Å². The number of anilines is 1. The third-order valence-corrected chi connectivity index (χ3v) is 6.95. The standard InChI is InChI=1S/C33H37F3N4O4/c1-6-43-30(41)10-8-7-9-17-44-23-13-14-24(25(19-23)33(34,35)36)26-15-16-29-37-28(20-40(29)39-26)22-12-11-21(2)27(18-22)38-31(42)32(3,4)5/h11-16,18-20H,6-10,17H2,1-5H3,(H,38,42). The predicted octanol–water partition coefficient (Wildman–Crippen LogP) is 7.88. The van der Waals surface area contributed by atoms with E-state index in [9.17, 15) is 22.8 Å². The van der Waals surface area contributed by atoms with Crippen molar-refractivity contribution in [2.75, 3.05) is 18.5 Å². The van der Waals surface area contributed by atoms with Crippen molar-refractivity contribution in [3.05, 3.63) is 65.9 Å². The van der Waals surface area contributed by atoms with Crippen molar-refractivity contribution in [2.24, 2.45) is 5.41 Å². The summed E-state index contributed by atoms with van der Waals surface area (Å²) < 4.78 is 54.3. The van der Waals surface area contributed by atoms with Crippen LogP contribution < -0.4 is 10.1 Å². The van der Waals surface area contributed by atoms with Gasteiger partial charge in [-0.3, -0.25) is 9.59 Å². The number of aryl methyl sites for hydroxylation is 1. The summed E-state index contributed by atoms with van der Waals surface area (Å²) in [6.45, 7) is 9.68. The molecular formula is C33H37F3N4O4. The Balaban J connectivity index is 1.53. The zero-order valence-electron chi connectivity index (χ0n) is 25.5. The first-order valence-corrected chi connectivity index (χ1v) is 14.5. The van der Waals surface area contributed by atoms with Crippen molar-refractivity contribution in [2.45, 2.75) is 66.5 Å². The van der Waals surface area contributed by atoms with Crippen molar-refractivity contribution < 1.29 is 32.2 Å². The number of nitrogens with one attached hydrogen (secondary N) is 1. The number of benzene rings is 2. The van der Waals surface area contributed by atoms with Crippen LogP contribution in [0.3, 0.4) is 0 Å². The van der Waals surface area contributed by atoms with Gasteiger partial charge >= 0.3 is 12.1 Å². The molecule has 4 rings (SSSR count). The summed E-state index contributed by atoms with van der Waals surface area (Å²) in [5.41, 5.74) is 1.90. The van der Waals surface area contributed by atoms with Crippen LogP contribution in [0.15, 0.2) is 54.7 Å². The first kappa shape index (κ1) is 32.5. The van der Waals surface area contributed by atoms with Crippen LogP contribution in [-0.2, 0) is 20.5 Å². The normalized spacial score (nSPS) is 11.9. The second-order valence-corrected chi connectivity index (χ2v) is 11.6. The molecule has 0 unspecified atom stereocenters. The Bertz CT molecular complexity index is 1640. The highest BCUT2D eigenvalue weighted by atomic mass is 19.4. The Hall–Kier alpha value is -4.41. The fourth-order valence-electron chi connectivity index (χ4n) is 4.43. The van der Waals surface area contributed by atoms with Crippen LogP contribution in [-0.4, -0.2) is 39.7 Å². The number of carbonyl (C=O) groups is 2. The maximum absolute atomic E-state index is 14.1. The minimum Gasteiger partial charge on any atom is -0.494 e. The zero-order chi connectivity index (χ0) is 32.1. The minimum absolute atomic E-state index is 0.0843. The number of imidazole rings is 1. The lowest BCUT2D eigenvalue weighted by Gasteiger charge is -2.19. The van der Waals surface area contributed by atoms with Gasteiger partial charge in [-0.05, 0) is 75.1 Å². The van der Waals surface area contributed by atoms with Gasteiger partial charge in [0, 0.05) is 28.7 Å². The molecule has 0 aliphatic rings. The number of nitrogens with zero attached hydrogens (tertiary/aromatic N) is 3. The fourth-order valence-corrected chi connectivity index (χ4v) is 4.43. The maximum atomic E-state index is 14.1. The van der Waals surface area contributed by atoms with Crippen LogP contribution in [0, 0.1) is 12.3 Å². The molecule has 44 heavy (non-hydrogen) atoms. The Morgan fingerprint density at radius 1 is 0.955 bits per heavy atom. The summed E-state index contributed by atoms with van der Waals surface area (Å²) in [5.74, 6) is -0.281. The molecule has 2 aromatic carbocycles. The second-order valence-electron chi connectivity index (χ2n) is 11.6. The molecule has 4 aromatic rings. The molecule has 2 heterocycles. The number of rotatable bonds is 11. The highest BCUT2D eigenvalue weighted by Crippen LogP contribution is 2.39. The molecule has 0 fully saturated rings. The van der Waals surface area contributed by atoms with E-state index in [0.29, 0.717) is 49.3 Å². The quantitative estimate of drug-likeness (QED) is 0.137. The van der Waals surface area contributed by atoms with Crippen molar-refractivity contribution in [3.8, 4) is 28.3 Å². The molecule has 0 aliphatic heterocycles. The van der Waals surface area contributed by atoms with E-state index < -0.39 is 17.2 Å². The van der Waals surface area contributed by atoms with Crippen LogP contribution in [0.1, 0.15) is 64.5 Å². The molecule has 1 amide bonds. The van der Waals surface area contributed by atoms with Crippen LogP contribution in [0.4, 0.5) is 18.9 Å². The van der Waals surface area contributed by atoms with E-state index in [4.69, 9.17) is 9.47 Å². The summed E-state index contributed by atoms with van der Waals surface area (Å²) in [6.07, 6.45) is -0.785. The van der Waals surface area contributed by atoms with E-state index in [1.54, 1.807) is 19.2 Å². The molecule has 8 nitrogen and oxygen atoms in total. The van der Waals surface area contributed by atoms with Gasteiger partial charge in [0.15, 0.2) is 5.65 Å². The van der Waals surface area contributed by atoms with Gasteiger partial charge in [0.2, 0.25) is 5.91 Å². The van der Waals surface area contributed by atoms with E-state index >= 15 is 0 Å². The molecule has 0 saturated heterocycles. The maximum Gasteiger partial charge on any atom is 0.417 e. The van der Waals surface area contributed by atoms with Crippen LogP contribution >= 0.6 is 0 Å². The molecule has 0 saturated carbocycles. The van der Waals surface area contributed by atoms with Crippen LogP contribution in [0.25, 0.3) is 28.2 Å². The van der Waals surface area contributed by atoms with E-state index in [1.807, 2.05) is 45.9 Å². The smallest absolute Gasteiger partial charge is 0.417 e. The summed E-state index contributed by atoms with van der Waals surface area (Å²) in [7, 11) is 0. The number of ether oxygens (including phenoxy) is 2. The second kappa shape index (κ2) is 13.5. The predicted molar refractivity (Wildman–Crippen MR) is 162 cm³/mol. The van der Waals surface area contributed by atoms with Crippen molar-refractivity contribution in [3.63, 3.8) is 0 Å². The molecule has 0 atom stereocenters. The largest absolute Gasteiger partial charge is 0.494 e. The van der Waals surface area contributed by atoms with Gasteiger partial charge in [0.25, 0.3) is 0 Å². The molecule has 11 heteroatoms. The summed E-state index contributed by atoms with van der Waals surface area (Å²) in [5, 5.41) is 7.40. The van der Waals surface area contributed by atoms with Gasteiger partial charge in [-0.2, -0.15) is 18.3 Å². The van der Waals surface area contributed by atoms with Gasteiger partial charge in [-0.25, -0.2) is 9.50 Å². The molecule has 0 spiro atoms. The number of esters is 1. The van der Waals surface area contributed by atoms with Crippen LogP contribution in [0.5, 0.6) is 5.75 Å². The number of halogens is 3. The number of carbonyl (C=O) groups excluding carboxylic acids is 2. The number of amides is 1. The van der Waals surface area contributed by atoms with Gasteiger partial charge < -0.3 is 14.8 Å². The Morgan fingerprint density at radius 2 is 1.73 bits per heavy atom. The van der Waals surface area contributed by atoms with Gasteiger partial charge in [-0.15, -0.1) is 0 Å². The van der Waals surface area contributed by atoms with E-state index in [2.05, 4.69) is 15.4 Å². The summed E-state index contributed by atoms with van der Waals surface area (Å²) in [4.78, 5) is 28.6. The highest BCUT2D eigenvalue weighted by molar-refractivity contribution is 5.95. The molecular weight excluding hydrogens is 573 g/mol. The van der Waals surface area contributed by atoms with E-state index in [-0.39, 0.29) is 35.5 Å². The monoisotopic (exact) mass is 610 g/mol. The average molecular weight is 611 g/mol. The van der Waals surface area contributed by atoms with Crippen molar-refractivity contribution in [1.29, 1.82) is 0 Å². The van der Waals surface area contributed by atoms with Crippen LogP contribution in [0.2, 0.25) is 0 Å². The zero-order valence-corrected chi connectivity index (χ0v) is 25.5. The Morgan fingerprint density at radius 3 is 2.43 bits per heavy atom. The van der Waals surface area contributed by atoms with E-state index in [0.717, 1.165) is 17.2 Å². The Labute approximate surface area is 254 Å². The minimum atomic E-state index is -4.64. The third kappa shape index (κ3) is 8.15. The Kier molecular flexibility index (Phi) is 9.96. The third-order valence-electron chi connectivity index (χ3n) is 6.95. The average Bonchev–Trinajstić information content (AvgIpc) is 3.38. The lowest BCUT2D eigenvalue weighted by atomic mass is 9.95. The topological polar surface area (TPSA) is 94.8 Å². The van der Waals surface area contributed by atoms with Gasteiger partial charge in [-0.1, -0.05) is 32.9 Å². The SMILES string of the molecule is CCOC(=O)CCCCCOc1ccc(-c2ccc3nc(-c4ccc(C)c(NC(=O)C(C)(C)C)c4)cn3n2)c(C(F)(F)F)c1. The lowest BCUT2D eigenvalue weighted by Crippen LogP contribution is -2.27. The molecule has 234 valence electrons. The molecule has 0 bridgehead atoms. The number of unbranched alkanes of at least 4 members (excludes halogenated alkanes) is 2. The number of alkyl halides is 3. The number of hydrogen-bond donors (Lipinski definition) is 1. The number of fused-ring (bicyclic) bond motifs is 1. The molecule has 0 aliphatic carbocycles. The number of aromatic nitrogens is 3. The van der Waals surface area contributed by atoms with Gasteiger partial charge in [0.1, 0.15) is 5.75 Å². The summed E-state index contributed by atoms with van der Waals surface area (Å²) >= 11 is 0. The van der Waals surface area contributed by atoms with Crippen molar-refractivity contribution in [1.82, 2.24) is 14.6 Å². The number of hydrogen-bond acceptors (Lipinski definition) is 6. The highest BCUT2D eigenvalue weighted by Gasteiger charge is 2.35. The lowest BCUT2D eigenvalue weighted by molar-refractivity contribution is -0.143. The van der Waals surface area contributed by atoms with Gasteiger partial charge in [0.05, 0.1) is 36.4 Å². The first-order valence-electron chi connectivity index (χ1n) is 14.5. The molecule has 2 aromatic heterocycles. The summed E-state index contributed by atoms with van der Waals surface area (Å²) in [6, 6.07) is 12.5. The fraction of sp³-hybridized carbons (Fsp3) is 0.394. The molecule has 1 N–H and O–H groups in total. The first-order chi connectivity index (χ1) is 20.8. The van der Waals surface area contributed by atoms with E-state index in [1.165, 1.54) is 22.7 Å². The molecule has 0 radical (unpaired) electrons.